The highest BCUT2D eigenvalue weighted by Crippen LogP contribution is 2.37. The van der Waals surface area contributed by atoms with Crippen LogP contribution in [0.3, 0.4) is 0 Å². The predicted octanol–water partition coefficient (Wildman–Crippen LogP) is 2.73. The number of carbonyl (C=O) groups is 1. The van der Waals surface area contributed by atoms with Crippen LogP contribution in [0.4, 0.5) is 18.9 Å². The van der Waals surface area contributed by atoms with Gasteiger partial charge in [0.1, 0.15) is 0 Å². The van der Waals surface area contributed by atoms with Crippen LogP contribution in [0.25, 0.3) is 0 Å². The van der Waals surface area contributed by atoms with Gasteiger partial charge in [-0.15, -0.1) is 0 Å². The lowest BCUT2D eigenvalue weighted by atomic mass is 10.1. The zero-order chi connectivity index (χ0) is 12.5. The number of esters is 1. The second-order valence-corrected chi connectivity index (χ2v) is 3.26. The third-order valence-electron chi connectivity index (χ3n) is 1.87. The number of alkyl halides is 3. The topological polar surface area (TPSA) is 52.3 Å². The minimum absolute atomic E-state index is 0.116. The summed E-state index contributed by atoms with van der Waals surface area (Å²) in [4.78, 5) is 11.2. The van der Waals surface area contributed by atoms with E-state index < -0.39 is 28.3 Å². The molecule has 0 aromatic heterocycles. The van der Waals surface area contributed by atoms with Gasteiger partial charge in [-0.3, -0.25) is 0 Å². The molecule has 0 atom stereocenters. The SMILES string of the molecule is COC(=O)c1c(C(F)(F)F)ccc(N)c1Cl. The number of hydrogen-bond acceptors (Lipinski definition) is 3. The number of hydrogen-bond donors (Lipinski definition) is 1. The van der Waals surface area contributed by atoms with Crippen LogP contribution in [0.1, 0.15) is 15.9 Å². The molecular weight excluding hydrogens is 247 g/mol. The van der Waals surface area contributed by atoms with Gasteiger partial charge >= 0.3 is 12.1 Å². The second-order valence-electron chi connectivity index (χ2n) is 2.88. The maximum Gasteiger partial charge on any atom is 0.417 e. The van der Waals surface area contributed by atoms with Gasteiger partial charge in [-0.05, 0) is 12.1 Å². The third-order valence-corrected chi connectivity index (χ3v) is 2.27. The number of nitrogens with two attached hydrogens (primary N) is 1. The van der Waals surface area contributed by atoms with Gasteiger partial charge in [0.2, 0.25) is 0 Å². The van der Waals surface area contributed by atoms with E-state index >= 15 is 0 Å². The molecule has 0 fully saturated rings. The van der Waals surface area contributed by atoms with E-state index in [1.807, 2.05) is 0 Å². The molecule has 0 unspecified atom stereocenters. The van der Waals surface area contributed by atoms with Crippen molar-refractivity contribution in [3.8, 4) is 0 Å². The number of rotatable bonds is 1. The van der Waals surface area contributed by atoms with Crippen molar-refractivity contribution in [2.75, 3.05) is 12.8 Å². The van der Waals surface area contributed by atoms with Gasteiger partial charge in [-0.2, -0.15) is 13.2 Å². The fraction of sp³-hybridized carbons (Fsp3) is 0.222. The summed E-state index contributed by atoms with van der Waals surface area (Å²) >= 11 is 5.55. The van der Waals surface area contributed by atoms with E-state index in [9.17, 15) is 18.0 Å². The van der Waals surface area contributed by atoms with Gasteiger partial charge in [0.25, 0.3) is 0 Å². The number of halogens is 4. The Bertz CT molecular complexity index is 431. The van der Waals surface area contributed by atoms with Crippen LogP contribution in [0.2, 0.25) is 5.02 Å². The molecule has 0 aliphatic heterocycles. The number of methoxy groups -OCH3 is 1. The van der Waals surface area contributed by atoms with Crippen LogP contribution < -0.4 is 5.73 Å². The van der Waals surface area contributed by atoms with E-state index in [1.54, 1.807) is 0 Å². The number of nitrogen functional groups attached to an aromatic ring is 1. The lowest BCUT2D eigenvalue weighted by Crippen LogP contribution is -2.15. The summed E-state index contributed by atoms with van der Waals surface area (Å²) in [5.74, 6) is -1.18. The summed E-state index contributed by atoms with van der Waals surface area (Å²) in [6.07, 6.45) is -4.69. The Balaban J connectivity index is 3.51. The normalized spacial score (nSPS) is 11.3. The monoisotopic (exact) mass is 253 g/mol. The van der Waals surface area contributed by atoms with E-state index in [2.05, 4.69) is 4.74 Å². The van der Waals surface area contributed by atoms with Crippen molar-refractivity contribution in [1.82, 2.24) is 0 Å². The predicted molar refractivity (Wildman–Crippen MR) is 52.2 cm³/mol. The quantitative estimate of drug-likeness (QED) is 0.618. The van der Waals surface area contributed by atoms with Crippen LogP contribution in [-0.2, 0) is 10.9 Å². The lowest BCUT2D eigenvalue weighted by Gasteiger charge is -2.13. The molecule has 1 aromatic rings. The molecule has 0 aliphatic carbocycles. The average Bonchev–Trinajstić information content (AvgIpc) is 2.19. The summed E-state index contributed by atoms with van der Waals surface area (Å²) in [7, 11) is 0.960. The first-order valence-electron chi connectivity index (χ1n) is 4.02. The molecule has 0 heterocycles. The molecule has 0 bridgehead atoms. The van der Waals surface area contributed by atoms with Crippen molar-refractivity contribution < 1.29 is 22.7 Å². The Morgan fingerprint density at radius 3 is 2.44 bits per heavy atom. The fourth-order valence-corrected chi connectivity index (χ4v) is 1.37. The Labute approximate surface area is 93.9 Å². The van der Waals surface area contributed by atoms with Gasteiger partial charge in [0.15, 0.2) is 0 Å². The molecule has 3 nitrogen and oxygen atoms in total. The maximum atomic E-state index is 12.5. The molecule has 88 valence electrons. The largest absolute Gasteiger partial charge is 0.465 e. The van der Waals surface area contributed by atoms with E-state index in [0.717, 1.165) is 13.2 Å². The molecule has 16 heavy (non-hydrogen) atoms. The molecule has 0 saturated carbocycles. The first kappa shape index (κ1) is 12.6. The molecule has 0 radical (unpaired) electrons. The van der Waals surface area contributed by atoms with Crippen molar-refractivity contribution in [1.29, 1.82) is 0 Å². The Hall–Kier alpha value is -1.43. The summed E-state index contributed by atoms with van der Waals surface area (Å²) in [5.41, 5.74) is 3.27. The Morgan fingerprint density at radius 1 is 1.44 bits per heavy atom. The maximum absolute atomic E-state index is 12.5. The van der Waals surface area contributed by atoms with Crippen LogP contribution in [0.15, 0.2) is 12.1 Å². The molecule has 2 N–H and O–H groups in total. The third kappa shape index (κ3) is 2.21. The van der Waals surface area contributed by atoms with Gasteiger partial charge < -0.3 is 10.5 Å². The number of benzene rings is 1. The molecule has 1 aromatic carbocycles. The van der Waals surface area contributed by atoms with Crippen molar-refractivity contribution in [2.24, 2.45) is 0 Å². The highest BCUT2D eigenvalue weighted by molar-refractivity contribution is 6.36. The molecular formula is C9H7ClF3NO2. The standard InChI is InChI=1S/C9H7ClF3NO2/c1-16-8(15)6-4(9(11,12)13)2-3-5(14)7(6)10/h2-3H,14H2,1H3. The summed E-state index contributed by atoms with van der Waals surface area (Å²) in [6, 6.07) is 1.67. The van der Waals surface area contributed by atoms with E-state index in [0.29, 0.717) is 6.07 Å². The number of carbonyl (C=O) groups excluding carboxylic acids is 1. The molecule has 0 aliphatic rings. The van der Waals surface area contributed by atoms with Gasteiger partial charge in [-0.25, -0.2) is 4.79 Å². The van der Waals surface area contributed by atoms with Crippen LogP contribution in [0.5, 0.6) is 0 Å². The van der Waals surface area contributed by atoms with Crippen molar-refractivity contribution in [3.05, 3.63) is 28.3 Å². The van der Waals surface area contributed by atoms with Gasteiger partial charge in [-0.1, -0.05) is 11.6 Å². The van der Waals surface area contributed by atoms with E-state index in [1.165, 1.54) is 0 Å². The first-order chi connectivity index (χ1) is 7.29. The number of anilines is 1. The summed E-state index contributed by atoms with van der Waals surface area (Å²) < 4.78 is 41.9. The van der Waals surface area contributed by atoms with Crippen LogP contribution >= 0.6 is 11.6 Å². The molecule has 0 saturated heterocycles. The summed E-state index contributed by atoms with van der Waals surface area (Å²) in [6.45, 7) is 0. The average molecular weight is 254 g/mol. The van der Waals surface area contributed by atoms with Gasteiger partial charge in [0.05, 0.1) is 28.9 Å². The van der Waals surface area contributed by atoms with E-state index in [-0.39, 0.29) is 5.69 Å². The first-order valence-corrected chi connectivity index (χ1v) is 4.40. The molecule has 0 amide bonds. The van der Waals surface area contributed by atoms with Crippen LogP contribution in [-0.4, -0.2) is 13.1 Å². The Morgan fingerprint density at radius 2 is 2.00 bits per heavy atom. The summed E-state index contributed by atoms with van der Waals surface area (Å²) in [5, 5.41) is -0.457. The van der Waals surface area contributed by atoms with Crippen molar-refractivity contribution >= 4 is 23.3 Å². The zero-order valence-corrected chi connectivity index (χ0v) is 8.82. The zero-order valence-electron chi connectivity index (χ0n) is 8.06. The molecule has 1 rings (SSSR count). The molecule has 7 heteroatoms. The second kappa shape index (κ2) is 4.21. The van der Waals surface area contributed by atoms with Gasteiger partial charge in [0, 0.05) is 0 Å². The smallest absolute Gasteiger partial charge is 0.417 e. The fourth-order valence-electron chi connectivity index (χ4n) is 1.13. The Kier molecular flexibility index (Phi) is 3.32. The minimum Gasteiger partial charge on any atom is -0.465 e. The van der Waals surface area contributed by atoms with Crippen molar-refractivity contribution in [3.63, 3.8) is 0 Å². The van der Waals surface area contributed by atoms with Crippen molar-refractivity contribution in [2.45, 2.75) is 6.18 Å². The van der Waals surface area contributed by atoms with Crippen LogP contribution in [0, 0.1) is 0 Å². The van der Waals surface area contributed by atoms with E-state index in [4.69, 9.17) is 17.3 Å². The number of ether oxygens (including phenoxy) is 1. The highest BCUT2D eigenvalue weighted by Gasteiger charge is 2.37. The molecule has 0 spiro atoms. The highest BCUT2D eigenvalue weighted by atomic mass is 35.5. The minimum atomic E-state index is -4.69. The lowest BCUT2D eigenvalue weighted by molar-refractivity contribution is -0.138.